The van der Waals surface area contributed by atoms with Crippen molar-refractivity contribution in [3.63, 3.8) is 0 Å². The summed E-state index contributed by atoms with van der Waals surface area (Å²) in [5, 5.41) is 0. The number of methoxy groups -OCH3 is 3. The number of fused-ring (bicyclic) bond motifs is 1. The van der Waals surface area contributed by atoms with Gasteiger partial charge in [0.25, 0.3) is 0 Å². The van der Waals surface area contributed by atoms with Crippen molar-refractivity contribution in [2.75, 3.05) is 34.4 Å². The van der Waals surface area contributed by atoms with E-state index in [-0.39, 0.29) is 11.9 Å². The number of hydrogen-bond donors (Lipinski definition) is 0. The van der Waals surface area contributed by atoms with Gasteiger partial charge in [0.1, 0.15) is 0 Å². The minimum absolute atomic E-state index is 0.0614. The fourth-order valence-electron chi connectivity index (χ4n) is 3.53. The molecular weight excluding hydrogens is 322 g/mol. The smallest absolute Gasteiger partial charge is 0.409 e. The summed E-state index contributed by atoms with van der Waals surface area (Å²) in [7, 11) is 4.55. The van der Waals surface area contributed by atoms with Crippen LogP contribution >= 0.6 is 0 Å². The van der Waals surface area contributed by atoms with Crippen molar-refractivity contribution in [3.05, 3.63) is 34.9 Å². The van der Waals surface area contributed by atoms with Crippen molar-refractivity contribution >= 4 is 11.9 Å². The Morgan fingerprint density at radius 3 is 2.36 bits per heavy atom. The number of piperidine rings is 1. The van der Waals surface area contributed by atoms with E-state index in [0.717, 1.165) is 24.0 Å². The molecule has 1 saturated heterocycles. The van der Waals surface area contributed by atoms with Crippen LogP contribution in [-0.2, 0) is 11.2 Å². The number of carbonyl (C=O) groups excluding carboxylic acids is 2. The second kappa shape index (κ2) is 7.17. The highest BCUT2D eigenvalue weighted by Gasteiger charge is 2.29. The van der Waals surface area contributed by atoms with E-state index in [0.29, 0.717) is 42.5 Å². The first-order chi connectivity index (χ1) is 12.1. The third-order valence-electron chi connectivity index (χ3n) is 4.94. The predicted octanol–water partition coefficient (Wildman–Crippen LogP) is 2.85. The molecule has 25 heavy (non-hydrogen) atoms. The zero-order valence-electron chi connectivity index (χ0n) is 14.8. The molecule has 1 amide bonds. The third-order valence-corrected chi connectivity index (χ3v) is 4.94. The highest BCUT2D eigenvalue weighted by Crippen LogP contribution is 2.37. The first kappa shape index (κ1) is 17.3. The fourth-order valence-corrected chi connectivity index (χ4v) is 3.53. The largest absolute Gasteiger partial charge is 0.493 e. The van der Waals surface area contributed by atoms with Gasteiger partial charge in [-0.25, -0.2) is 4.79 Å². The van der Waals surface area contributed by atoms with Crippen molar-refractivity contribution in [1.82, 2.24) is 4.90 Å². The maximum Gasteiger partial charge on any atom is 0.409 e. The number of nitrogens with zero attached hydrogens (tertiary/aromatic N) is 1. The van der Waals surface area contributed by atoms with Crippen LogP contribution in [0.4, 0.5) is 4.79 Å². The molecule has 0 aromatic heterocycles. The van der Waals surface area contributed by atoms with Crippen LogP contribution in [0.3, 0.4) is 0 Å². The topological polar surface area (TPSA) is 65.1 Å². The number of likely N-dealkylation sites (tertiary alicyclic amines) is 1. The molecule has 0 spiro atoms. The number of rotatable bonds is 3. The number of hydrogen-bond acceptors (Lipinski definition) is 5. The van der Waals surface area contributed by atoms with Crippen molar-refractivity contribution in [3.8, 4) is 11.5 Å². The molecular formula is C19H23NO5. The van der Waals surface area contributed by atoms with E-state index < -0.39 is 0 Å². The van der Waals surface area contributed by atoms with Crippen molar-refractivity contribution in [2.45, 2.75) is 19.3 Å². The molecule has 2 aliphatic rings. The zero-order chi connectivity index (χ0) is 18.0. The second-order valence-electron chi connectivity index (χ2n) is 6.36. The van der Waals surface area contributed by atoms with Crippen molar-refractivity contribution in [1.29, 1.82) is 0 Å². The highest BCUT2D eigenvalue weighted by atomic mass is 16.5. The Balaban J connectivity index is 1.74. The van der Waals surface area contributed by atoms with Gasteiger partial charge in [0.15, 0.2) is 17.3 Å². The van der Waals surface area contributed by atoms with Gasteiger partial charge in [0.2, 0.25) is 0 Å². The Kier molecular flexibility index (Phi) is 4.97. The van der Waals surface area contributed by atoms with E-state index in [4.69, 9.17) is 14.2 Å². The summed E-state index contributed by atoms with van der Waals surface area (Å²) in [5.41, 5.74) is 2.48. The first-order valence-corrected chi connectivity index (χ1v) is 8.40. The number of allylic oxidation sites excluding steroid dienone is 2. The van der Waals surface area contributed by atoms with Crippen LogP contribution in [0.2, 0.25) is 0 Å². The number of carbonyl (C=O) groups is 2. The lowest BCUT2D eigenvalue weighted by molar-refractivity contribution is 0.103. The Morgan fingerprint density at radius 1 is 1.12 bits per heavy atom. The van der Waals surface area contributed by atoms with Gasteiger partial charge in [-0.1, -0.05) is 6.08 Å². The molecule has 1 heterocycles. The standard InChI is InChI=1S/C19H23NO5/c1-23-16-10-13-9-14(18(21)15(13)11-17(16)24-2)8-12-4-6-20(7-5-12)19(22)25-3/h8,10-12H,4-7,9H2,1-3H3/b14-8+. The number of ether oxygens (including phenoxy) is 3. The van der Waals surface area contributed by atoms with Crippen molar-refractivity contribution in [2.24, 2.45) is 5.92 Å². The van der Waals surface area contributed by atoms with E-state index in [1.807, 2.05) is 6.07 Å². The average Bonchev–Trinajstić information content (AvgIpc) is 2.95. The predicted molar refractivity (Wildman–Crippen MR) is 92.4 cm³/mol. The van der Waals surface area contributed by atoms with Crippen LogP contribution in [0.25, 0.3) is 0 Å². The summed E-state index contributed by atoms with van der Waals surface area (Å²) in [4.78, 5) is 26.0. The van der Waals surface area contributed by atoms with Gasteiger partial charge in [-0.2, -0.15) is 0 Å². The van der Waals surface area contributed by atoms with Crippen LogP contribution in [0.1, 0.15) is 28.8 Å². The Labute approximate surface area is 147 Å². The lowest BCUT2D eigenvalue weighted by Gasteiger charge is -2.29. The fraction of sp³-hybridized carbons (Fsp3) is 0.474. The second-order valence-corrected chi connectivity index (χ2v) is 6.36. The molecule has 6 heteroatoms. The van der Waals surface area contributed by atoms with Gasteiger partial charge in [-0.15, -0.1) is 0 Å². The quantitative estimate of drug-likeness (QED) is 0.788. The van der Waals surface area contributed by atoms with Crippen LogP contribution < -0.4 is 9.47 Å². The molecule has 3 rings (SSSR count). The van der Waals surface area contributed by atoms with Gasteiger partial charge in [0, 0.05) is 30.6 Å². The number of amides is 1. The van der Waals surface area contributed by atoms with Gasteiger partial charge >= 0.3 is 6.09 Å². The number of benzene rings is 1. The summed E-state index contributed by atoms with van der Waals surface area (Å²) in [6.07, 6.45) is 4.10. The van der Waals surface area contributed by atoms with Gasteiger partial charge in [-0.05, 0) is 36.5 Å². The molecule has 134 valence electrons. The molecule has 6 nitrogen and oxygen atoms in total. The Hall–Kier alpha value is -2.50. The Morgan fingerprint density at radius 2 is 1.76 bits per heavy atom. The van der Waals surface area contributed by atoms with E-state index >= 15 is 0 Å². The molecule has 0 bridgehead atoms. The molecule has 0 radical (unpaired) electrons. The normalized spacial score (nSPS) is 19.1. The summed E-state index contributed by atoms with van der Waals surface area (Å²) in [6.45, 7) is 1.31. The average molecular weight is 345 g/mol. The maximum atomic E-state index is 12.7. The lowest BCUT2D eigenvalue weighted by atomic mass is 9.93. The molecule has 1 aromatic rings. The van der Waals surface area contributed by atoms with Gasteiger partial charge in [0.05, 0.1) is 21.3 Å². The highest BCUT2D eigenvalue weighted by molar-refractivity contribution is 6.13. The van der Waals surface area contributed by atoms with E-state index in [9.17, 15) is 9.59 Å². The third kappa shape index (κ3) is 3.34. The minimum Gasteiger partial charge on any atom is -0.493 e. The summed E-state index contributed by atoms with van der Waals surface area (Å²) in [6, 6.07) is 3.64. The molecule has 0 saturated carbocycles. The van der Waals surface area contributed by atoms with E-state index in [2.05, 4.69) is 6.08 Å². The molecule has 0 atom stereocenters. The summed E-state index contributed by atoms with van der Waals surface area (Å²) < 4.78 is 15.4. The molecule has 0 N–H and O–H groups in total. The van der Waals surface area contributed by atoms with Gasteiger partial charge in [-0.3, -0.25) is 4.79 Å². The van der Waals surface area contributed by atoms with Crippen LogP contribution in [0, 0.1) is 5.92 Å². The lowest BCUT2D eigenvalue weighted by Crippen LogP contribution is -2.38. The van der Waals surface area contributed by atoms with E-state index in [1.165, 1.54) is 7.11 Å². The SMILES string of the molecule is COC(=O)N1CCC(/C=C2\Cc3cc(OC)c(OC)cc3C2=O)CC1. The Bertz CT molecular complexity index is 717. The monoisotopic (exact) mass is 345 g/mol. The summed E-state index contributed by atoms with van der Waals surface area (Å²) in [5.74, 6) is 1.58. The van der Waals surface area contributed by atoms with Crippen LogP contribution in [0.15, 0.2) is 23.8 Å². The van der Waals surface area contributed by atoms with Crippen LogP contribution in [-0.4, -0.2) is 51.2 Å². The molecule has 1 aliphatic heterocycles. The molecule has 1 aliphatic carbocycles. The first-order valence-electron chi connectivity index (χ1n) is 8.40. The molecule has 1 fully saturated rings. The molecule has 1 aromatic carbocycles. The molecule has 0 unspecified atom stereocenters. The minimum atomic E-state index is -0.283. The van der Waals surface area contributed by atoms with Crippen molar-refractivity contribution < 1.29 is 23.8 Å². The van der Waals surface area contributed by atoms with E-state index in [1.54, 1.807) is 25.2 Å². The summed E-state index contributed by atoms with van der Waals surface area (Å²) >= 11 is 0. The zero-order valence-corrected chi connectivity index (χ0v) is 14.8. The maximum absolute atomic E-state index is 12.7. The number of ketones is 1. The van der Waals surface area contributed by atoms with Crippen LogP contribution in [0.5, 0.6) is 11.5 Å². The van der Waals surface area contributed by atoms with Gasteiger partial charge < -0.3 is 19.1 Å². The number of Topliss-reactive ketones (excluding diaryl/α,β-unsaturated/α-hetero) is 1.